The molecule has 0 N–H and O–H groups in total. The first-order valence-corrected chi connectivity index (χ1v) is 4.85. The van der Waals surface area contributed by atoms with Crippen LogP contribution in [0.15, 0.2) is 12.2 Å². The minimum absolute atomic E-state index is 0.176. The summed E-state index contributed by atoms with van der Waals surface area (Å²) in [5.74, 6) is 0.807. The molecule has 2 aliphatic rings. The molecule has 0 bridgehead atoms. The highest BCUT2D eigenvalue weighted by Gasteiger charge is 2.46. The highest BCUT2D eigenvalue weighted by molar-refractivity contribution is 5.83. The van der Waals surface area contributed by atoms with Crippen LogP contribution in [-0.2, 0) is 4.79 Å². The van der Waals surface area contributed by atoms with Crippen LogP contribution in [0, 0.1) is 11.3 Å². The van der Waals surface area contributed by atoms with Gasteiger partial charge in [-0.25, -0.2) is 0 Å². The number of carbonyl (C=O) groups excluding carboxylic acids is 1. The Morgan fingerprint density at radius 3 is 2.92 bits per heavy atom. The van der Waals surface area contributed by atoms with Gasteiger partial charge >= 0.3 is 0 Å². The summed E-state index contributed by atoms with van der Waals surface area (Å²) < 4.78 is 0. The first kappa shape index (κ1) is 8.03. The van der Waals surface area contributed by atoms with E-state index in [1.54, 1.807) is 0 Å². The van der Waals surface area contributed by atoms with E-state index in [1.807, 2.05) is 0 Å². The molecule has 2 atom stereocenters. The van der Waals surface area contributed by atoms with Crippen LogP contribution in [0.25, 0.3) is 0 Å². The van der Waals surface area contributed by atoms with Crippen LogP contribution in [0.3, 0.4) is 0 Å². The van der Waals surface area contributed by atoms with Crippen molar-refractivity contribution in [2.45, 2.75) is 39.0 Å². The van der Waals surface area contributed by atoms with E-state index in [-0.39, 0.29) is 5.41 Å². The molecule has 2 rings (SSSR count). The van der Waals surface area contributed by atoms with E-state index >= 15 is 0 Å². The van der Waals surface area contributed by atoms with E-state index in [4.69, 9.17) is 0 Å². The fourth-order valence-corrected chi connectivity index (χ4v) is 2.84. The number of carbonyl (C=O) groups is 1. The molecule has 2 saturated carbocycles. The summed E-state index contributed by atoms with van der Waals surface area (Å²) in [4.78, 5) is 11.6. The molecule has 0 heterocycles. The highest BCUT2D eigenvalue weighted by atomic mass is 16.1. The highest BCUT2D eigenvalue weighted by Crippen LogP contribution is 2.52. The maximum Gasteiger partial charge on any atom is 0.136 e. The topological polar surface area (TPSA) is 17.1 Å². The van der Waals surface area contributed by atoms with Crippen molar-refractivity contribution in [2.24, 2.45) is 11.3 Å². The lowest BCUT2D eigenvalue weighted by Crippen LogP contribution is -2.33. The second-order valence-electron chi connectivity index (χ2n) is 4.43. The average Bonchev–Trinajstić information content (AvgIpc) is 2.30. The molecule has 2 aliphatic carbocycles. The SMILES string of the molecule is C=C1CCC2C(=O)CCC[C@]12C. The smallest absolute Gasteiger partial charge is 0.136 e. The Labute approximate surface area is 73.8 Å². The summed E-state index contributed by atoms with van der Waals surface area (Å²) >= 11 is 0. The summed E-state index contributed by atoms with van der Waals surface area (Å²) in [6.07, 6.45) is 5.21. The van der Waals surface area contributed by atoms with Gasteiger partial charge < -0.3 is 0 Å². The Morgan fingerprint density at radius 2 is 2.25 bits per heavy atom. The van der Waals surface area contributed by atoms with Crippen molar-refractivity contribution in [1.29, 1.82) is 0 Å². The van der Waals surface area contributed by atoms with Crippen LogP contribution >= 0.6 is 0 Å². The average molecular weight is 164 g/mol. The second kappa shape index (κ2) is 2.45. The molecular formula is C11H16O. The van der Waals surface area contributed by atoms with Crippen molar-refractivity contribution in [3.8, 4) is 0 Å². The molecule has 1 nitrogen and oxygen atoms in total. The Morgan fingerprint density at radius 1 is 1.50 bits per heavy atom. The zero-order valence-electron chi connectivity index (χ0n) is 7.73. The van der Waals surface area contributed by atoms with E-state index in [0.29, 0.717) is 11.7 Å². The van der Waals surface area contributed by atoms with E-state index in [0.717, 1.165) is 25.7 Å². The summed E-state index contributed by atoms with van der Waals surface area (Å²) in [7, 11) is 0. The number of Topliss-reactive ketones (excluding diaryl/α,β-unsaturated/α-hetero) is 1. The standard InChI is InChI=1S/C11H16O/c1-8-5-6-9-10(12)4-3-7-11(8,9)2/h9H,1,3-7H2,2H3/t9?,11-/m1/s1. The summed E-state index contributed by atoms with van der Waals surface area (Å²) in [5.41, 5.74) is 1.50. The molecular weight excluding hydrogens is 148 g/mol. The van der Waals surface area contributed by atoms with Crippen LogP contribution < -0.4 is 0 Å². The van der Waals surface area contributed by atoms with Gasteiger partial charge in [0.2, 0.25) is 0 Å². The quantitative estimate of drug-likeness (QED) is 0.503. The van der Waals surface area contributed by atoms with Crippen molar-refractivity contribution in [3.05, 3.63) is 12.2 Å². The van der Waals surface area contributed by atoms with E-state index in [2.05, 4.69) is 13.5 Å². The largest absolute Gasteiger partial charge is 0.299 e. The normalized spacial score (nSPS) is 41.6. The monoisotopic (exact) mass is 164 g/mol. The third-order valence-corrected chi connectivity index (χ3v) is 3.82. The molecule has 0 radical (unpaired) electrons. The zero-order valence-corrected chi connectivity index (χ0v) is 7.73. The van der Waals surface area contributed by atoms with E-state index < -0.39 is 0 Å². The molecule has 1 heteroatoms. The van der Waals surface area contributed by atoms with Crippen LogP contribution in [0.5, 0.6) is 0 Å². The van der Waals surface area contributed by atoms with Gasteiger partial charge in [-0.05, 0) is 31.1 Å². The Hall–Kier alpha value is -0.590. The number of hydrogen-bond acceptors (Lipinski definition) is 1. The maximum atomic E-state index is 11.6. The third-order valence-electron chi connectivity index (χ3n) is 3.82. The van der Waals surface area contributed by atoms with Gasteiger partial charge in [-0.2, -0.15) is 0 Å². The molecule has 0 aromatic rings. The predicted octanol–water partition coefficient (Wildman–Crippen LogP) is 2.71. The number of ketones is 1. The molecule has 1 unspecified atom stereocenters. The van der Waals surface area contributed by atoms with Gasteiger partial charge in [0.05, 0.1) is 0 Å². The number of allylic oxidation sites excluding steroid dienone is 1. The Kier molecular flexibility index (Phi) is 1.64. The van der Waals surface area contributed by atoms with Gasteiger partial charge in [0.25, 0.3) is 0 Å². The van der Waals surface area contributed by atoms with E-state index in [9.17, 15) is 4.79 Å². The molecule has 2 fully saturated rings. The molecule has 0 saturated heterocycles. The Bertz CT molecular complexity index is 241. The first-order valence-electron chi connectivity index (χ1n) is 4.85. The van der Waals surface area contributed by atoms with Gasteiger partial charge in [0, 0.05) is 12.3 Å². The van der Waals surface area contributed by atoms with Crippen LogP contribution in [0.4, 0.5) is 0 Å². The molecule has 0 aliphatic heterocycles. The summed E-state index contributed by atoms with van der Waals surface area (Å²) in [6.45, 7) is 6.32. The van der Waals surface area contributed by atoms with Gasteiger partial charge in [0.15, 0.2) is 0 Å². The Balaban J connectivity index is 2.32. The fraction of sp³-hybridized carbons (Fsp3) is 0.727. The van der Waals surface area contributed by atoms with Gasteiger partial charge in [-0.15, -0.1) is 0 Å². The zero-order chi connectivity index (χ0) is 8.77. The van der Waals surface area contributed by atoms with Crippen molar-refractivity contribution in [3.63, 3.8) is 0 Å². The summed E-state index contributed by atoms with van der Waals surface area (Å²) in [5, 5.41) is 0. The summed E-state index contributed by atoms with van der Waals surface area (Å²) in [6, 6.07) is 0. The predicted molar refractivity (Wildman–Crippen MR) is 48.8 cm³/mol. The maximum absolute atomic E-state index is 11.6. The number of fused-ring (bicyclic) bond motifs is 1. The van der Waals surface area contributed by atoms with Crippen molar-refractivity contribution < 1.29 is 4.79 Å². The van der Waals surface area contributed by atoms with Gasteiger partial charge in [-0.1, -0.05) is 19.1 Å². The van der Waals surface area contributed by atoms with Gasteiger partial charge in [-0.3, -0.25) is 4.79 Å². The number of hydrogen-bond donors (Lipinski definition) is 0. The van der Waals surface area contributed by atoms with Crippen molar-refractivity contribution in [2.75, 3.05) is 0 Å². The minimum atomic E-state index is 0.176. The lowest BCUT2D eigenvalue weighted by atomic mass is 9.67. The lowest BCUT2D eigenvalue weighted by molar-refractivity contribution is -0.127. The molecule has 0 aromatic heterocycles. The van der Waals surface area contributed by atoms with Crippen LogP contribution in [0.1, 0.15) is 39.0 Å². The van der Waals surface area contributed by atoms with Crippen LogP contribution in [-0.4, -0.2) is 5.78 Å². The number of rotatable bonds is 0. The molecule has 0 amide bonds. The van der Waals surface area contributed by atoms with E-state index in [1.165, 1.54) is 12.0 Å². The molecule has 12 heavy (non-hydrogen) atoms. The third kappa shape index (κ3) is 0.886. The first-order chi connectivity index (χ1) is 5.64. The van der Waals surface area contributed by atoms with Gasteiger partial charge in [0.1, 0.15) is 5.78 Å². The lowest BCUT2D eigenvalue weighted by Gasteiger charge is -2.35. The molecule has 66 valence electrons. The fourth-order valence-electron chi connectivity index (χ4n) is 2.84. The minimum Gasteiger partial charge on any atom is -0.299 e. The van der Waals surface area contributed by atoms with Crippen molar-refractivity contribution in [1.82, 2.24) is 0 Å². The van der Waals surface area contributed by atoms with Crippen LogP contribution in [0.2, 0.25) is 0 Å². The molecule has 0 aromatic carbocycles. The second-order valence-corrected chi connectivity index (χ2v) is 4.43. The molecule has 0 spiro atoms. The van der Waals surface area contributed by atoms with Crippen molar-refractivity contribution >= 4 is 5.78 Å².